The largest absolute Gasteiger partial charge is 0.365 e. The van der Waals surface area contributed by atoms with E-state index in [0.717, 1.165) is 57.3 Å². The quantitative estimate of drug-likeness (QED) is 0.410. The number of fused-ring (bicyclic) bond motifs is 2. The van der Waals surface area contributed by atoms with E-state index in [-0.39, 0.29) is 12.3 Å². The van der Waals surface area contributed by atoms with Gasteiger partial charge in [0.25, 0.3) is 5.91 Å². The number of rotatable bonds is 5. The lowest BCUT2D eigenvalue weighted by atomic mass is 10.00. The Morgan fingerprint density at radius 1 is 1.18 bits per heavy atom. The van der Waals surface area contributed by atoms with Crippen LogP contribution in [0.4, 0.5) is 15.9 Å². The smallest absolute Gasteiger partial charge is 0.282 e. The van der Waals surface area contributed by atoms with Crippen LogP contribution in [0.25, 0.3) is 10.8 Å². The third kappa shape index (κ3) is 4.79. The van der Waals surface area contributed by atoms with E-state index in [9.17, 15) is 14.4 Å². The number of halogens is 2. The fourth-order valence-corrected chi connectivity index (χ4v) is 5.72. The van der Waals surface area contributed by atoms with Crippen LogP contribution in [0.15, 0.2) is 48.8 Å². The number of anilines is 2. The molecule has 196 valence electrons. The maximum absolute atomic E-state index is 13.7. The molecule has 0 radical (unpaired) electrons. The molecular formula is C29H30ClFN6O. The molecule has 0 N–H and O–H groups in total. The van der Waals surface area contributed by atoms with Crippen molar-refractivity contribution in [2.75, 3.05) is 36.0 Å². The topological polar surface area (TPSA) is 76.4 Å². The molecule has 0 saturated carbocycles. The van der Waals surface area contributed by atoms with Crippen LogP contribution in [-0.2, 0) is 17.8 Å². The van der Waals surface area contributed by atoms with Crippen LogP contribution in [0.2, 0.25) is 5.02 Å². The van der Waals surface area contributed by atoms with Crippen molar-refractivity contribution in [1.82, 2.24) is 14.9 Å². The summed E-state index contributed by atoms with van der Waals surface area (Å²) in [6.07, 6.45) is 0.850. The first kappa shape index (κ1) is 25.9. The lowest BCUT2D eigenvalue weighted by Gasteiger charge is -2.42. The Labute approximate surface area is 227 Å². The summed E-state index contributed by atoms with van der Waals surface area (Å²) < 4.78 is 13.7. The molecule has 7 nitrogen and oxygen atoms in total. The molecule has 0 bridgehead atoms. The molecule has 3 heterocycles. The highest BCUT2D eigenvalue weighted by molar-refractivity contribution is 6.36. The first-order valence-corrected chi connectivity index (χ1v) is 13.3. The van der Waals surface area contributed by atoms with Crippen LogP contribution in [0.3, 0.4) is 0 Å². The number of benzene rings is 2. The Kier molecular flexibility index (Phi) is 7.22. The summed E-state index contributed by atoms with van der Waals surface area (Å²) in [5.41, 5.74) is 3.14. The molecule has 1 saturated heterocycles. The molecule has 1 amide bonds. The maximum Gasteiger partial charge on any atom is 0.282 e. The standard InChI is InChI=1S/C29H30ClFN6O/c1-18(2)27-33-24-17-35(25-9-5-7-20-6-4-8-23(30)26(20)25)13-11-22(24)28(34-27)36-14-15-37(29(38)19(3)31)21(16-36)10-12-32/h4-9,18,21H,3,10-11,13-17H2,1-2H3/t21-/m0/s1. The summed E-state index contributed by atoms with van der Waals surface area (Å²) in [4.78, 5) is 28.2. The molecule has 0 spiro atoms. The van der Waals surface area contributed by atoms with Gasteiger partial charge in [-0.05, 0) is 23.9 Å². The number of nitrogens with zero attached hydrogens (tertiary/aromatic N) is 6. The first-order chi connectivity index (χ1) is 18.3. The van der Waals surface area contributed by atoms with Crippen LogP contribution >= 0.6 is 11.6 Å². The maximum atomic E-state index is 13.7. The average Bonchev–Trinajstić information content (AvgIpc) is 2.91. The third-order valence-corrected chi connectivity index (χ3v) is 7.67. The minimum Gasteiger partial charge on any atom is -0.365 e. The van der Waals surface area contributed by atoms with Gasteiger partial charge in [0.15, 0.2) is 5.83 Å². The number of amides is 1. The highest BCUT2D eigenvalue weighted by Gasteiger charge is 2.34. The number of hydrogen-bond donors (Lipinski definition) is 0. The molecular weight excluding hydrogens is 503 g/mol. The molecule has 5 rings (SSSR count). The van der Waals surface area contributed by atoms with Crippen LogP contribution in [0.1, 0.15) is 43.3 Å². The Balaban J connectivity index is 1.50. The van der Waals surface area contributed by atoms with Crippen molar-refractivity contribution in [2.45, 2.75) is 45.2 Å². The summed E-state index contributed by atoms with van der Waals surface area (Å²) in [7, 11) is 0. The second-order valence-corrected chi connectivity index (χ2v) is 10.5. The average molecular weight is 533 g/mol. The number of hydrogen-bond acceptors (Lipinski definition) is 6. The Bertz CT molecular complexity index is 1450. The van der Waals surface area contributed by atoms with E-state index in [1.807, 2.05) is 12.1 Å². The van der Waals surface area contributed by atoms with E-state index in [1.165, 1.54) is 4.90 Å². The molecule has 0 aliphatic carbocycles. The van der Waals surface area contributed by atoms with Crippen molar-refractivity contribution in [2.24, 2.45) is 0 Å². The molecule has 0 unspecified atom stereocenters. The lowest BCUT2D eigenvalue weighted by Crippen LogP contribution is -2.56. The lowest BCUT2D eigenvalue weighted by molar-refractivity contribution is -0.131. The molecule has 9 heteroatoms. The second-order valence-electron chi connectivity index (χ2n) is 10.1. The van der Waals surface area contributed by atoms with Crippen LogP contribution < -0.4 is 9.80 Å². The van der Waals surface area contributed by atoms with Gasteiger partial charge >= 0.3 is 0 Å². The number of nitriles is 1. The van der Waals surface area contributed by atoms with Gasteiger partial charge in [-0.25, -0.2) is 14.4 Å². The molecule has 2 aliphatic rings. The van der Waals surface area contributed by atoms with Gasteiger partial charge < -0.3 is 14.7 Å². The summed E-state index contributed by atoms with van der Waals surface area (Å²) in [6.45, 7) is 9.88. The molecule has 2 aromatic carbocycles. The van der Waals surface area contributed by atoms with Gasteiger partial charge in [0.1, 0.15) is 11.6 Å². The van der Waals surface area contributed by atoms with Gasteiger partial charge in [-0.3, -0.25) is 4.79 Å². The summed E-state index contributed by atoms with van der Waals surface area (Å²) in [5.74, 6) is -0.0279. The first-order valence-electron chi connectivity index (χ1n) is 12.9. The zero-order valence-electron chi connectivity index (χ0n) is 21.6. The fourth-order valence-electron chi connectivity index (χ4n) is 5.45. The Morgan fingerprint density at radius 3 is 2.66 bits per heavy atom. The summed E-state index contributed by atoms with van der Waals surface area (Å²) in [6, 6.07) is 13.9. The van der Waals surface area contributed by atoms with E-state index in [1.54, 1.807) is 0 Å². The summed E-state index contributed by atoms with van der Waals surface area (Å²) in [5, 5.41) is 12.2. The van der Waals surface area contributed by atoms with Gasteiger partial charge in [-0.1, -0.05) is 56.3 Å². The minimum atomic E-state index is -1.00. The highest BCUT2D eigenvalue weighted by Crippen LogP contribution is 2.37. The van der Waals surface area contributed by atoms with Crippen molar-refractivity contribution >= 4 is 39.8 Å². The van der Waals surface area contributed by atoms with Crippen molar-refractivity contribution in [3.63, 3.8) is 0 Å². The number of piperazine rings is 1. The zero-order valence-corrected chi connectivity index (χ0v) is 22.4. The van der Waals surface area contributed by atoms with E-state index in [4.69, 9.17) is 21.6 Å². The predicted molar refractivity (Wildman–Crippen MR) is 148 cm³/mol. The molecule has 38 heavy (non-hydrogen) atoms. The highest BCUT2D eigenvalue weighted by atomic mass is 35.5. The van der Waals surface area contributed by atoms with Crippen molar-refractivity contribution in [1.29, 1.82) is 5.26 Å². The van der Waals surface area contributed by atoms with E-state index < -0.39 is 17.8 Å². The number of aromatic nitrogens is 2. The van der Waals surface area contributed by atoms with Crippen LogP contribution in [0, 0.1) is 11.3 Å². The third-order valence-electron chi connectivity index (χ3n) is 7.35. The van der Waals surface area contributed by atoms with Gasteiger partial charge in [0, 0.05) is 48.7 Å². The molecule has 2 aliphatic heterocycles. The van der Waals surface area contributed by atoms with Gasteiger partial charge in [0.2, 0.25) is 0 Å². The predicted octanol–water partition coefficient (Wildman–Crippen LogP) is 5.38. The van der Waals surface area contributed by atoms with Crippen LogP contribution in [-0.4, -0.2) is 53.0 Å². The van der Waals surface area contributed by atoms with E-state index >= 15 is 0 Å². The van der Waals surface area contributed by atoms with Crippen LogP contribution in [0.5, 0.6) is 0 Å². The zero-order chi connectivity index (χ0) is 27.0. The number of carbonyl (C=O) groups is 1. The molecule has 1 fully saturated rings. The molecule has 1 aromatic heterocycles. The summed E-state index contributed by atoms with van der Waals surface area (Å²) >= 11 is 6.63. The van der Waals surface area contributed by atoms with E-state index in [0.29, 0.717) is 26.2 Å². The van der Waals surface area contributed by atoms with Gasteiger partial charge in [-0.15, -0.1) is 0 Å². The van der Waals surface area contributed by atoms with Crippen molar-refractivity contribution in [3.05, 3.63) is 70.9 Å². The van der Waals surface area contributed by atoms with E-state index in [2.05, 4.69) is 60.6 Å². The normalized spacial score (nSPS) is 17.5. The molecule has 3 aromatic rings. The van der Waals surface area contributed by atoms with Gasteiger partial charge in [0.05, 0.1) is 35.8 Å². The SMILES string of the molecule is C=C(F)C(=O)N1CCN(c2nc(C(C)C)nc3c2CCN(c2cccc4cccc(Cl)c24)C3)C[C@@H]1CC#N. The van der Waals surface area contributed by atoms with Gasteiger partial charge in [-0.2, -0.15) is 5.26 Å². The van der Waals surface area contributed by atoms with Crippen molar-refractivity contribution < 1.29 is 9.18 Å². The monoisotopic (exact) mass is 532 g/mol. The second kappa shape index (κ2) is 10.6. The van der Waals surface area contributed by atoms with Crippen molar-refractivity contribution in [3.8, 4) is 6.07 Å². The fraction of sp³-hybridized carbons (Fsp3) is 0.379. The molecule has 1 atom stereocenters. The number of carbonyl (C=O) groups excluding carboxylic acids is 1. The Morgan fingerprint density at radius 2 is 1.95 bits per heavy atom. The minimum absolute atomic E-state index is 0.107. The Hall–Kier alpha value is -3.70.